The van der Waals surface area contributed by atoms with E-state index in [0.717, 1.165) is 36.5 Å². The Morgan fingerprint density at radius 1 is 1.47 bits per heavy atom. The number of aromatic nitrogens is 1. The number of anilines is 1. The van der Waals surface area contributed by atoms with E-state index < -0.39 is 0 Å². The van der Waals surface area contributed by atoms with Crippen molar-refractivity contribution >= 4 is 21.7 Å². The number of nitrogens with zero attached hydrogens (tertiary/aromatic N) is 3. The Labute approximate surface area is 112 Å². The van der Waals surface area contributed by atoms with Crippen LogP contribution in [0.3, 0.4) is 0 Å². The van der Waals surface area contributed by atoms with Crippen LogP contribution < -0.4 is 4.90 Å². The molecule has 1 saturated heterocycles. The summed E-state index contributed by atoms with van der Waals surface area (Å²) in [6, 6.07) is 2.75. The fraction of sp³-hybridized carbons (Fsp3) is 0.615. The van der Waals surface area contributed by atoms with Gasteiger partial charge in [0.25, 0.3) is 0 Å². The normalized spacial score (nSPS) is 21.9. The molecule has 0 N–H and O–H groups in total. The second-order valence-corrected chi connectivity index (χ2v) is 5.63. The predicted octanol–water partition coefficient (Wildman–Crippen LogP) is 2.68. The number of likely N-dealkylation sites (N-methyl/N-ethyl adjacent to an activating group) is 1. The van der Waals surface area contributed by atoms with Crippen molar-refractivity contribution in [3.8, 4) is 0 Å². The van der Waals surface area contributed by atoms with Gasteiger partial charge in [0.2, 0.25) is 0 Å². The summed E-state index contributed by atoms with van der Waals surface area (Å²) in [7, 11) is 0. The lowest BCUT2D eigenvalue weighted by atomic mass is 10.1. The molecule has 1 fully saturated rings. The molecule has 17 heavy (non-hydrogen) atoms. The van der Waals surface area contributed by atoms with Crippen LogP contribution in [0.2, 0.25) is 0 Å². The van der Waals surface area contributed by atoms with E-state index >= 15 is 0 Å². The Bertz CT molecular complexity index is 394. The lowest BCUT2D eigenvalue weighted by molar-refractivity contribution is 0.199. The highest BCUT2D eigenvalue weighted by Crippen LogP contribution is 2.23. The van der Waals surface area contributed by atoms with E-state index in [9.17, 15) is 0 Å². The number of pyridine rings is 1. The van der Waals surface area contributed by atoms with Crippen LogP contribution in [0.25, 0.3) is 0 Å². The third-order valence-corrected chi connectivity index (χ3v) is 3.92. The van der Waals surface area contributed by atoms with E-state index in [-0.39, 0.29) is 0 Å². The lowest BCUT2D eigenvalue weighted by Crippen LogP contribution is -2.52. The first kappa shape index (κ1) is 12.8. The van der Waals surface area contributed by atoms with Gasteiger partial charge in [-0.05, 0) is 48.0 Å². The van der Waals surface area contributed by atoms with Crippen LogP contribution in [-0.4, -0.2) is 42.1 Å². The first-order valence-electron chi connectivity index (χ1n) is 6.23. The Balaban J connectivity index is 2.14. The molecule has 94 valence electrons. The Hall–Kier alpha value is -0.610. The second-order valence-electron chi connectivity index (χ2n) is 4.72. The van der Waals surface area contributed by atoms with Gasteiger partial charge in [-0.3, -0.25) is 4.90 Å². The summed E-state index contributed by atoms with van der Waals surface area (Å²) in [4.78, 5) is 9.47. The van der Waals surface area contributed by atoms with Gasteiger partial charge in [-0.2, -0.15) is 0 Å². The average Bonchev–Trinajstić information content (AvgIpc) is 2.29. The van der Waals surface area contributed by atoms with Gasteiger partial charge in [-0.25, -0.2) is 4.98 Å². The molecular formula is C13H20BrN3. The number of aryl methyl sites for hydroxylation is 1. The molecule has 3 nitrogen and oxygen atoms in total. The van der Waals surface area contributed by atoms with E-state index in [1.165, 1.54) is 5.56 Å². The smallest absolute Gasteiger partial charge is 0.131 e. The largest absolute Gasteiger partial charge is 0.354 e. The zero-order valence-electron chi connectivity index (χ0n) is 10.8. The number of halogens is 1. The zero-order valence-corrected chi connectivity index (χ0v) is 12.4. The molecule has 1 unspecified atom stereocenters. The molecule has 1 aliphatic rings. The fourth-order valence-electron chi connectivity index (χ4n) is 2.52. The van der Waals surface area contributed by atoms with E-state index in [1.807, 2.05) is 6.20 Å². The summed E-state index contributed by atoms with van der Waals surface area (Å²) in [5.74, 6) is 1.14. The first-order valence-corrected chi connectivity index (χ1v) is 7.02. The Kier molecular flexibility index (Phi) is 4.05. The standard InChI is InChI=1S/C13H20BrN3/c1-4-16-5-6-17(9-11(16)3)13-10(2)7-12(14)8-15-13/h7-8,11H,4-6,9H2,1-3H3. The van der Waals surface area contributed by atoms with Crippen LogP contribution in [0, 0.1) is 6.92 Å². The number of hydrogen-bond acceptors (Lipinski definition) is 3. The van der Waals surface area contributed by atoms with Crippen LogP contribution >= 0.6 is 15.9 Å². The van der Waals surface area contributed by atoms with E-state index in [1.54, 1.807) is 0 Å². The summed E-state index contributed by atoms with van der Waals surface area (Å²) < 4.78 is 1.05. The van der Waals surface area contributed by atoms with Crippen molar-refractivity contribution in [2.24, 2.45) is 0 Å². The molecule has 2 heterocycles. The maximum absolute atomic E-state index is 4.55. The molecule has 1 aromatic rings. The predicted molar refractivity (Wildman–Crippen MR) is 75.6 cm³/mol. The minimum Gasteiger partial charge on any atom is -0.354 e. The van der Waals surface area contributed by atoms with Crippen LogP contribution in [0.5, 0.6) is 0 Å². The fourth-order valence-corrected chi connectivity index (χ4v) is 2.97. The van der Waals surface area contributed by atoms with Crippen molar-refractivity contribution in [1.82, 2.24) is 9.88 Å². The van der Waals surface area contributed by atoms with Crippen LogP contribution in [0.1, 0.15) is 19.4 Å². The molecule has 0 radical (unpaired) electrons. The summed E-state index contributed by atoms with van der Waals surface area (Å²) in [6.45, 7) is 11.1. The molecule has 0 amide bonds. The van der Waals surface area contributed by atoms with Crippen molar-refractivity contribution in [2.45, 2.75) is 26.8 Å². The van der Waals surface area contributed by atoms with Crippen LogP contribution in [0.15, 0.2) is 16.7 Å². The van der Waals surface area contributed by atoms with Gasteiger partial charge in [0, 0.05) is 36.3 Å². The van der Waals surface area contributed by atoms with Crippen molar-refractivity contribution in [2.75, 3.05) is 31.1 Å². The second kappa shape index (κ2) is 5.36. The minimum absolute atomic E-state index is 0.610. The van der Waals surface area contributed by atoms with Gasteiger partial charge in [-0.1, -0.05) is 6.92 Å². The summed E-state index contributed by atoms with van der Waals surface area (Å²) in [5, 5.41) is 0. The van der Waals surface area contributed by atoms with Crippen molar-refractivity contribution in [3.63, 3.8) is 0 Å². The molecule has 2 rings (SSSR count). The molecule has 0 saturated carbocycles. The average molecular weight is 298 g/mol. The monoisotopic (exact) mass is 297 g/mol. The molecule has 0 spiro atoms. The highest BCUT2D eigenvalue weighted by atomic mass is 79.9. The first-order chi connectivity index (χ1) is 8.11. The van der Waals surface area contributed by atoms with Crippen LogP contribution in [-0.2, 0) is 0 Å². The maximum atomic E-state index is 4.55. The third kappa shape index (κ3) is 2.80. The highest BCUT2D eigenvalue weighted by Gasteiger charge is 2.23. The van der Waals surface area contributed by atoms with Gasteiger partial charge in [0.15, 0.2) is 0 Å². The zero-order chi connectivity index (χ0) is 12.4. The van der Waals surface area contributed by atoms with Gasteiger partial charge < -0.3 is 4.90 Å². The van der Waals surface area contributed by atoms with Crippen molar-refractivity contribution in [1.29, 1.82) is 0 Å². The Morgan fingerprint density at radius 3 is 2.82 bits per heavy atom. The van der Waals surface area contributed by atoms with E-state index in [0.29, 0.717) is 6.04 Å². The molecule has 0 aliphatic carbocycles. The highest BCUT2D eigenvalue weighted by molar-refractivity contribution is 9.10. The molecule has 0 aromatic carbocycles. The maximum Gasteiger partial charge on any atom is 0.131 e. The molecular weight excluding hydrogens is 278 g/mol. The van der Waals surface area contributed by atoms with E-state index in [2.05, 4.69) is 57.6 Å². The van der Waals surface area contributed by atoms with Crippen molar-refractivity contribution in [3.05, 3.63) is 22.3 Å². The Morgan fingerprint density at radius 2 is 2.24 bits per heavy atom. The molecule has 1 aromatic heterocycles. The number of rotatable bonds is 2. The lowest BCUT2D eigenvalue weighted by Gasteiger charge is -2.40. The minimum atomic E-state index is 0.610. The van der Waals surface area contributed by atoms with Gasteiger partial charge in [0.1, 0.15) is 5.82 Å². The number of piperazine rings is 1. The number of hydrogen-bond donors (Lipinski definition) is 0. The van der Waals surface area contributed by atoms with E-state index in [4.69, 9.17) is 0 Å². The topological polar surface area (TPSA) is 19.4 Å². The van der Waals surface area contributed by atoms with Crippen molar-refractivity contribution < 1.29 is 0 Å². The molecule has 1 aliphatic heterocycles. The SMILES string of the molecule is CCN1CCN(c2ncc(Br)cc2C)CC1C. The molecule has 1 atom stereocenters. The molecule has 4 heteroatoms. The summed E-state index contributed by atoms with van der Waals surface area (Å²) in [5.41, 5.74) is 1.25. The third-order valence-electron chi connectivity index (χ3n) is 3.49. The molecule has 0 bridgehead atoms. The summed E-state index contributed by atoms with van der Waals surface area (Å²) in [6.07, 6.45) is 1.89. The van der Waals surface area contributed by atoms with Gasteiger partial charge in [-0.15, -0.1) is 0 Å². The quantitative estimate of drug-likeness (QED) is 0.837. The van der Waals surface area contributed by atoms with Gasteiger partial charge >= 0.3 is 0 Å². The van der Waals surface area contributed by atoms with Crippen LogP contribution in [0.4, 0.5) is 5.82 Å². The van der Waals surface area contributed by atoms with Gasteiger partial charge in [0.05, 0.1) is 0 Å². The summed E-state index contributed by atoms with van der Waals surface area (Å²) >= 11 is 3.46.